The SMILES string of the molecule is COCCO.O=C(NC1CCCCC1)c1cc(C(F)(F)F)nc(-n2ccnc2)n1.[HH]. The maximum atomic E-state index is 13.1. The van der Waals surface area contributed by atoms with E-state index in [-0.39, 0.29) is 25.7 Å². The Hall–Kier alpha value is -2.53. The van der Waals surface area contributed by atoms with Crippen LogP contribution in [0.2, 0.25) is 0 Å². The lowest BCUT2D eigenvalue weighted by molar-refractivity contribution is -0.141. The number of rotatable bonds is 5. The van der Waals surface area contributed by atoms with E-state index in [1.54, 1.807) is 7.11 Å². The number of ether oxygens (including phenoxy) is 1. The highest BCUT2D eigenvalue weighted by molar-refractivity contribution is 5.92. The van der Waals surface area contributed by atoms with Gasteiger partial charge in [0, 0.05) is 33.0 Å². The molecule has 1 aliphatic carbocycles. The van der Waals surface area contributed by atoms with Gasteiger partial charge in [-0.15, -0.1) is 0 Å². The molecule has 2 N–H and O–H groups in total. The molecule has 0 saturated heterocycles. The van der Waals surface area contributed by atoms with Gasteiger partial charge in [-0.2, -0.15) is 13.2 Å². The summed E-state index contributed by atoms with van der Waals surface area (Å²) in [4.78, 5) is 23.5. The number of nitrogens with zero attached hydrogens (tertiary/aromatic N) is 4. The summed E-state index contributed by atoms with van der Waals surface area (Å²) < 4.78 is 44.9. The average molecular weight is 417 g/mol. The van der Waals surface area contributed by atoms with E-state index in [0.717, 1.165) is 32.1 Å². The topological polar surface area (TPSA) is 102 Å². The van der Waals surface area contributed by atoms with Crippen LogP contribution in [0.4, 0.5) is 13.2 Å². The lowest BCUT2D eigenvalue weighted by Gasteiger charge is -2.22. The van der Waals surface area contributed by atoms with Crippen LogP contribution in [-0.4, -0.2) is 56.9 Å². The van der Waals surface area contributed by atoms with E-state index in [4.69, 9.17) is 5.11 Å². The van der Waals surface area contributed by atoms with Crippen LogP contribution in [0.5, 0.6) is 0 Å². The summed E-state index contributed by atoms with van der Waals surface area (Å²) in [5.41, 5.74) is -1.46. The number of aromatic nitrogens is 4. The van der Waals surface area contributed by atoms with Crippen molar-refractivity contribution in [2.45, 2.75) is 44.3 Å². The quantitative estimate of drug-likeness (QED) is 0.775. The molecule has 0 atom stereocenters. The van der Waals surface area contributed by atoms with Crippen molar-refractivity contribution in [3.63, 3.8) is 0 Å². The molecule has 2 heterocycles. The second-order valence-electron chi connectivity index (χ2n) is 6.43. The smallest absolute Gasteiger partial charge is 0.394 e. The monoisotopic (exact) mass is 417 g/mol. The number of amides is 1. The van der Waals surface area contributed by atoms with E-state index in [1.165, 1.54) is 23.3 Å². The molecule has 0 aromatic carbocycles. The van der Waals surface area contributed by atoms with Crippen LogP contribution >= 0.6 is 0 Å². The first kappa shape index (κ1) is 22.8. The number of aliphatic hydroxyl groups excluding tert-OH is 1. The number of methoxy groups -OCH3 is 1. The summed E-state index contributed by atoms with van der Waals surface area (Å²) in [5, 5.41) is 10.7. The van der Waals surface area contributed by atoms with Gasteiger partial charge in [0.2, 0.25) is 5.95 Å². The van der Waals surface area contributed by atoms with Crippen LogP contribution in [0.25, 0.3) is 5.95 Å². The van der Waals surface area contributed by atoms with Gasteiger partial charge in [-0.3, -0.25) is 9.36 Å². The summed E-state index contributed by atoms with van der Waals surface area (Å²) in [6.07, 6.45) is 4.20. The Morgan fingerprint density at radius 3 is 2.59 bits per heavy atom. The van der Waals surface area contributed by atoms with E-state index < -0.39 is 17.8 Å². The summed E-state index contributed by atoms with van der Waals surface area (Å²) >= 11 is 0. The Morgan fingerprint density at radius 2 is 2.07 bits per heavy atom. The first-order valence-corrected chi connectivity index (χ1v) is 9.20. The van der Waals surface area contributed by atoms with Gasteiger partial charge in [0.05, 0.1) is 13.2 Å². The van der Waals surface area contributed by atoms with Gasteiger partial charge in [0.1, 0.15) is 12.0 Å². The Bertz CT molecular complexity index is 767. The summed E-state index contributed by atoms with van der Waals surface area (Å²) in [6, 6.07) is 0.658. The van der Waals surface area contributed by atoms with Gasteiger partial charge in [0.25, 0.3) is 5.91 Å². The van der Waals surface area contributed by atoms with E-state index in [1.807, 2.05) is 0 Å². The van der Waals surface area contributed by atoms with Gasteiger partial charge in [-0.1, -0.05) is 19.3 Å². The molecule has 1 aliphatic rings. The van der Waals surface area contributed by atoms with Crippen molar-refractivity contribution >= 4 is 5.91 Å². The second kappa shape index (κ2) is 10.9. The Kier molecular flexibility index (Phi) is 8.52. The molecule has 3 rings (SSSR count). The van der Waals surface area contributed by atoms with Crippen molar-refractivity contribution < 1.29 is 29.2 Å². The third-order valence-electron chi connectivity index (χ3n) is 4.21. The summed E-state index contributed by atoms with van der Waals surface area (Å²) in [6.45, 7) is 0.566. The number of nitrogens with one attached hydrogen (secondary N) is 1. The highest BCUT2D eigenvalue weighted by atomic mass is 19.4. The lowest BCUT2D eigenvalue weighted by atomic mass is 9.95. The molecule has 8 nitrogen and oxygen atoms in total. The van der Waals surface area contributed by atoms with Gasteiger partial charge in [0.15, 0.2) is 5.69 Å². The van der Waals surface area contributed by atoms with Crippen molar-refractivity contribution in [2.24, 2.45) is 0 Å². The summed E-state index contributed by atoms with van der Waals surface area (Å²) in [7, 11) is 1.55. The van der Waals surface area contributed by atoms with Crippen molar-refractivity contribution in [2.75, 3.05) is 20.3 Å². The minimum atomic E-state index is -4.67. The molecular weight excluding hydrogens is 391 g/mol. The minimum Gasteiger partial charge on any atom is -0.394 e. The van der Waals surface area contributed by atoms with E-state index in [0.29, 0.717) is 12.7 Å². The number of carbonyl (C=O) groups is 1. The molecule has 2 aromatic heterocycles. The van der Waals surface area contributed by atoms with Crippen molar-refractivity contribution in [3.8, 4) is 5.95 Å². The van der Waals surface area contributed by atoms with Crippen LogP contribution in [0, 0.1) is 0 Å². The molecule has 0 aliphatic heterocycles. The van der Waals surface area contributed by atoms with Gasteiger partial charge in [-0.25, -0.2) is 15.0 Å². The second-order valence-corrected chi connectivity index (χ2v) is 6.43. The lowest BCUT2D eigenvalue weighted by Crippen LogP contribution is -2.37. The molecule has 11 heteroatoms. The zero-order chi connectivity index (χ0) is 21.3. The predicted octanol–water partition coefficient (Wildman–Crippen LogP) is 2.61. The Labute approximate surface area is 167 Å². The number of hydrogen-bond acceptors (Lipinski definition) is 6. The molecular formula is C18H26F3N5O3. The highest BCUT2D eigenvalue weighted by Crippen LogP contribution is 2.28. The van der Waals surface area contributed by atoms with E-state index in [9.17, 15) is 18.0 Å². The molecule has 29 heavy (non-hydrogen) atoms. The standard InChI is InChI=1S/C15H16F3N5O.C3H8O2.H2/c16-15(17,18)12-8-11(13(24)20-10-4-2-1-3-5-10)21-14(22-12)23-7-6-19-9-23;1-5-3-2-4;/h6-10H,1-5H2,(H,20,24);4H,2-3H2,1H3;1H. The number of imidazole rings is 1. The third-order valence-corrected chi connectivity index (χ3v) is 4.21. The van der Waals surface area contributed by atoms with Gasteiger partial charge in [-0.05, 0) is 12.8 Å². The molecule has 0 unspecified atom stereocenters. The largest absolute Gasteiger partial charge is 0.433 e. The normalized spacial score (nSPS) is 14.8. The molecule has 1 amide bonds. The molecule has 0 spiro atoms. The number of alkyl halides is 3. The fourth-order valence-electron chi connectivity index (χ4n) is 2.79. The average Bonchev–Trinajstić information content (AvgIpc) is 3.24. The van der Waals surface area contributed by atoms with Crippen molar-refractivity contribution in [1.82, 2.24) is 24.8 Å². The number of halogens is 3. The Morgan fingerprint density at radius 1 is 1.34 bits per heavy atom. The highest BCUT2D eigenvalue weighted by Gasteiger charge is 2.34. The zero-order valence-electron chi connectivity index (χ0n) is 16.0. The van der Waals surface area contributed by atoms with Crippen LogP contribution in [-0.2, 0) is 10.9 Å². The molecule has 1 saturated carbocycles. The first-order valence-electron chi connectivity index (χ1n) is 9.20. The van der Waals surface area contributed by atoms with Gasteiger partial charge >= 0.3 is 6.18 Å². The molecule has 2 aromatic rings. The molecule has 1 fully saturated rings. The van der Waals surface area contributed by atoms with Crippen LogP contribution in [0.1, 0.15) is 49.7 Å². The van der Waals surface area contributed by atoms with Crippen molar-refractivity contribution in [3.05, 3.63) is 36.2 Å². The van der Waals surface area contributed by atoms with Crippen LogP contribution < -0.4 is 5.32 Å². The molecule has 0 bridgehead atoms. The maximum Gasteiger partial charge on any atom is 0.433 e. The number of carbonyl (C=O) groups excluding carboxylic acids is 1. The Balaban J connectivity index is 0.000000674. The third kappa shape index (κ3) is 7.09. The predicted molar refractivity (Wildman–Crippen MR) is 99.6 cm³/mol. The molecule has 162 valence electrons. The van der Waals surface area contributed by atoms with E-state index in [2.05, 4.69) is 25.0 Å². The fraction of sp³-hybridized carbons (Fsp3) is 0.556. The zero-order valence-corrected chi connectivity index (χ0v) is 16.0. The van der Waals surface area contributed by atoms with Crippen LogP contribution in [0.15, 0.2) is 24.8 Å². The number of aliphatic hydroxyl groups is 1. The minimum absolute atomic E-state index is 0. The van der Waals surface area contributed by atoms with E-state index >= 15 is 0 Å². The molecule has 0 radical (unpaired) electrons. The maximum absolute atomic E-state index is 13.1. The van der Waals surface area contributed by atoms with Gasteiger partial charge < -0.3 is 15.2 Å². The van der Waals surface area contributed by atoms with Crippen molar-refractivity contribution in [1.29, 1.82) is 0 Å². The van der Waals surface area contributed by atoms with Crippen LogP contribution in [0.3, 0.4) is 0 Å². The fourth-order valence-corrected chi connectivity index (χ4v) is 2.79. The number of hydrogen-bond donors (Lipinski definition) is 2. The first-order chi connectivity index (χ1) is 13.8. The summed E-state index contributed by atoms with van der Waals surface area (Å²) in [5.74, 6) is -0.854.